The number of carbonyl (C=O) groups is 1. The first-order valence-electron chi connectivity index (χ1n) is 8.28. The van der Waals surface area contributed by atoms with Crippen molar-refractivity contribution in [1.29, 1.82) is 0 Å². The summed E-state index contributed by atoms with van der Waals surface area (Å²) < 4.78 is 0. The van der Waals surface area contributed by atoms with Gasteiger partial charge in [0.05, 0.1) is 0 Å². The first-order chi connectivity index (χ1) is 9.10. The lowest BCUT2D eigenvalue weighted by Crippen LogP contribution is -2.25. The summed E-state index contributed by atoms with van der Waals surface area (Å²) >= 11 is 1.53. The van der Waals surface area contributed by atoms with Crippen molar-refractivity contribution in [3.05, 3.63) is 0 Å². The monoisotopic (exact) mass is 286 g/mol. The smallest absolute Gasteiger partial charge is 0.194 e. The van der Waals surface area contributed by atoms with E-state index in [0.29, 0.717) is 5.12 Å². The Morgan fingerprint density at radius 2 is 1.32 bits per heavy atom. The molecule has 0 spiro atoms. The third-order valence-electron chi connectivity index (χ3n) is 3.93. The second kappa shape index (κ2) is 11.8. The number of hydrogen-bond acceptors (Lipinski definition) is 2. The Morgan fingerprint density at radius 3 is 1.68 bits per heavy atom. The van der Waals surface area contributed by atoms with E-state index in [1.165, 1.54) is 63.1 Å². The summed E-state index contributed by atoms with van der Waals surface area (Å²) in [6.07, 6.45) is 12.3. The van der Waals surface area contributed by atoms with Gasteiger partial charge in [0.2, 0.25) is 0 Å². The Bertz CT molecular complexity index is 213. The highest BCUT2D eigenvalue weighted by molar-refractivity contribution is 8.13. The zero-order valence-electron chi connectivity index (χ0n) is 13.6. The van der Waals surface area contributed by atoms with Gasteiger partial charge in [0.15, 0.2) is 5.12 Å². The van der Waals surface area contributed by atoms with Crippen molar-refractivity contribution in [2.45, 2.75) is 91.9 Å². The third-order valence-corrected chi connectivity index (χ3v) is 4.98. The second-order valence-electron chi connectivity index (χ2n) is 5.90. The lowest BCUT2D eigenvalue weighted by atomic mass is 9.81. The molecule has 0 saturated carbocycles. The molecule has 2 heteroatoms. The summed E-state index contributed by atoms with van der Waals surface area (Å²) in [7, 11) is 0. The Morgan fingerprint density at radius 1 is 0.842 bits per heavy atom. The maximum Gasteiger partial charge on any atom is 0.194 e. The summed E-state index contributed by atoms with van der Waals surface area (Å²) in [5, 5.41) is 0.433. The van der Waals surface area contributed by atoms with Crippen LogP contribution in [0.25, 0.3) is 0 Å². The Labute approximate surface area is 125 Å². The van der Waals surface area contributed by atoms with E-state index in [-0.39, 0.29) is 5.41 Å². The quantitative estimate of drug-likeness (QED) is 0.396. The fraction of sp³-hybridized carbons (Fsp3) is 0.941. The summed E-state index contributed by atoms with van der Waals surface area (Å²) in [6.45, 7) is 8.76. The maximum atomic E-state index is 12.4. The van der Waals surface area contributed by atoms with Gasteiger partial charge in [-0.05, 0) is 18.6 Å². The summed E-state index contributed by atoms with van der Waals surface area (Å²) in [5.41, 5.74) is -0.0673. The van der Waals surface area contributed by atoms with Crippen molar-refractivity contribution >= 4 is 16.9 Å². The SMILES string of the molecule is CCCCCCC(C)(CCCCCC)C(=O)SCC. The maximum absolute atomic E-state index is 12.4. The molecule has 0 aromatic heterocycles. The second-order valence-corrected chi connectivity index (χ2v) is 7.14. The Balaban J connectivity index is 4.23. The van der Waals surface area contributed by atoms with Crippen molar-refractivity contribution in [3.8, 4) is 0 Å². The van der Waals surface area contributed by atoms with Crippen LogP contribution in [-0.4, -0.2) is 10.9 Å². The van der Waals surface area contributed by atoms with Crippen LogP contribution in [0.5, 0.6) is 0 Å². The van der Waals surface area contributed by atoms with Crippen LogP contribution < -0.4 is 0 Å². The molecule has 0 saturated heterocycles. The van der Waals surface area contributed by atoms with E-state index in [4.69, 9.17) is 0 Å². The van der Waals surface area contributed by atoms with Crippen LogP contribution in [0, 0.1) is 5.41 Å². The van der Waals surface area contributed by atoms with Crippen molar-refractivity contribution in [2.24, 2.45) is 5.41 Å². The number of hydrogen-bond donors (Lipinski definition) is 0. The first-order valence-corrected chi connectivity index (χ1v) is 9.26. The topological polar surface area (TPSA) is 17.1 Å². The van der Waals surface area contributed by atoms with Gasteiger partial charge in [-0.25, -0.2) is 0 Å². The van der Waals surface area contributed by atoms with Crippen molar-refractivity contribution < 1.29 is 4.79 Å². The average Bonchev–Trinajstić information content (AvgIpc) is 2.40. The molecule has 0 aromatic rings. The van der Waals surface area contributed by atoms with Gasteiger partial charge in [-0.3, -0.25) is 4.79 Å². The predicted molar refractivity (Wildman–Crippen MR) is 88.8 cm³/mol. The minimum Gasteiger partial charge on any atom is -0.287 e. The van der Waals surface area contributed by atoms with Gasteiger partial charge in [0.25, 0.3) is 0 Å². The average molecular weight is 287 g/mol. The summed E-state index contributed by atoms with van der Waals surface area (Å²) in [6, 6.07) is 0. The molecule has 0 aromatic carbocycles. The van der Waals surface area contributed by atoms with E-state index < -0.39 is 0 Å². The molecule has 0 rings (SSSR count). The zero-order chi connectivity index (χ0) is 14.6. The minimum absolute atomic E-state index is 0.0673. The summed E-state index contributed by atoms with van der Waals surface area (Å²) in [4.78, 5) is 12.4. The first kappa shape index (κ1) is 19.0. The molecule has 0 heterocycles. The molecular weight excluding hydrogens is 252 g/mol. The standard InChI is InChI=1S/C17H34OS/c1-5-8-10-12-14-17(4,16(18)19-7-3)15-13-11-9-6-2/h5-15H2,1-4H3. The van der Waals surface area contributed by atoms with Crippen molar-refractivity contribution in [2.75, 3.05) is 5.75 Å². The molecule has 0 bridgehead atoms. The van der Waals surface area contributed by atoms with Crippen molar-refractivity contribution in [3.63, 3.8) is 0 Å². The molecule has 0 amide bonds. The van der Waals surface area contributed by atoms with Crippen LogP contribution in [0.3, 0.4) is 0 Å². The Kier molecular flexibility index (Phi) is 11.8. The van der Waals surface area contributed by atoms with Gasteiger partial charge in [-0.15, -0.1) is 0 Å². The van der Waals surface area contributed by atoms with Crippen LogP contribution in [0.2, 0.25) is 0 Å². The molecule has 0 aliphatic heterocycles. The molecular formula is C17H34OS. The molecule has 114 valence electrons. The van der Waals surface area contributed by atoms with Crippen LogP contribution in [0.1, 0.15) is 91.9 Å². The lowest BCUT2D eigenvalue weighted by Gasteiger charge is -2.27. The van der Waals surface area contributed by atoms with Crippen LogP contribution in [0.15, 0.2) is 0 Å². The fourth-order valence-corrected chi connectivity index (χ4v) is 3.33. The van der Waals surface area contributed by atoms with Gasteiger partial charge in [0.1, 0.15) is 0 Å². The van der Waals surface area contributed by atoms with Crippen molar-refractivity contribution in [1.82, 2.24) is 0 Å². The van der Waals surface area contributed by atoms with Crippen LogP contribution in [0.4, 0.5) is 0 Å². The number of rotatable bonds is 12. The fourth-order valence-electron chi connectivity index (χ4n) is 2.52. The van der Waals surface area contributed by atoms with Gasteiger partial charge >= 0.3 is 0 Å². The predicted octanol–water partition coefficient (Wildman–Crippen LogP) is 6.21. The zero-order valence-corrected chi connectivity index (χ0v) is 14.4. The number of unbranched alkanes of at least 4 members (excludes halogenated alkanes) is 6. The highest BCUT2D eigenvalue weighted by Gasteiger charge is 2.31. The highest BCUT2D eigenvalue weighted by Crippen LogP contribution is 2.36. The lowest BCUT2D eigenvalue weighted by molar-refractivity contribution is -0.119. The van der Waals surface area contributed by atoms with E-state index >= 15 is 0 Å². The molecule has 0 N–H and O–H groups in total. The largest absolute Gasteiger partial charge is 0.287 e. The van der Waals surface area contributed by atoms with Gasteiger partial charge in [-0.1, -0.05) is 90.8 Å². The van der Waals surface area contributed by atoms with Crippen LogP contribution in [-0.2, 0) is 4.79 Å². The molecule has 0 aliphatic rings. The highest BCUT2D eigenvalue weighted by atomic mass is 32.2. The van der Waals surface area contributed by atoms with E-state index in [9.17, 15) is 4.79 Å². The molecule has 0 unspecified atom stereocenters. The van der Waals surface area contributed by atoms with E-state index in [1.807, 2.05) is 0 Å². The normalized spacial score (nSPS) is 11.8. The van der Waals surface area contributed by atoms with Gasteiger partial charge in [-0.2, -0.15) is 0 Å². The van der Waals surface area contributed by atoms with Gasteiger partial charge in [0, 0.05) is 5.41 Å². The van der Waals surface area contributed by atoms with Gasteiger partial charge < -0.3 is 0 Å². The molecule has 0 atom stereocenters. The molecule has 1 nitrogen and oxygen atoms in total. The summed E-state index contributed by atoms with van der Waals surface area (Å²) in [5.74, 6) is 0.915. The number of thioether (sulfide) groups is 1. The molecule has 19 heavy (non-hydrogen) atoms. The van der Waals surface area contributed by atoms with Crippen LogP contribution >= 0.6 is 11.8 Å². The van der Waals surface area contributed by atoms with E-state index in [0.717, 1.165) is 18.6 Å². The molecule has 0 aliphatic carbocycles. The molecule has 0 fully saturated rings. The Hall–Kier alpha value is 0.0200. The van der Waals surface area contributed by atoms with E-state index in [2.05, 4.69) is 27.7 Å². The van der Waals surface area contributed by atoms with E-state index in [1.54, 1.807) is 0 Å². The third kappa shape index (κ3) is 8.73. The molecule has 0 radical (unpaired) electrons. The minimum atomic E-state index is -0.0673. The number of carbonyl (C=O) groups excluding carboxylic acids is 1.